The van der Waals surface area contributed by atoms with E-state index in [0.29, 0.717) is 0 Å². The standard InChI is InChI=1S/C48H42N4/c1-31-27-33(3)41(34(4)28-31)47-49-45(39-23-15-9-16-24-39)46(40-25-17-10-18-26-40)52(47)48(42-35(5)29-32(2)30-36(42)6)50-43(37-19-11-7-12-20-37)44(51-48)38-21-13-8-14-22-38/h7-30H,1-6H3. The summed E-state index contributed by atoms with van der Waals surface area (Å²) < 4.78 is 2.36. The van der Waals surface area contributed by atoms with E-state index in [1.807, 2.05) is 0 Å². The minimum absolute atomic E-state index is 0.835. The summed E-state index contributed by atoms with van der Waals surface area (Å²) in [6.07, 6.45) is 0. The second kappa shape index (κ2) is 13.2. The first-order valence-corrected chi connectivity index (χ1v) is 18.0. The predicted octanol–water partition coefficient (Wildman–Crippen LogP) is 11.4. The quantitative estimate of drug-likeness (QED) is 0.166. The Kier molecular flexibility index (Phi) is 8.39. The minimum atomic E-state index is -1.25. The van der Waals surface area contributed by atoms with Crippen LogP contribution in [0.25, 0.3) is 33.9 Å². The van der Waals surface area contributed by atoms with Crippen LogP contribution in [0.5, 0.6) is 0 Å². The van der Waals surface area contributed by atoms with Crippen molar-refractivity contribution in [3.05, 3.63) is 196 Å². The van der Waals surface area contributed by atoms with Crippen LogP contribution in [0.4, 0.5) is 0 Å². The maximum Gasteiger partial charge on any atom is 0.262 e. The monoisotopic (exact) mass is 674 g/mol. The average molecular weight is 675 g/mol. The Bertz CT molecular complexity index is 2390. The summed E-state index contributed by atoms with van der Waals surface area (Å²) in [5, 5.41) is 0. The average Bonchev–Trinajstić information content (AvgIpc) is 3.73. The summed E-state index contributed by atoms with van der Waals surface area (Å²) in [7, 11) is 0. The molecule has 0 unspecified atom stereocenters. The fourth-order valence-corrected chi connectivity index (χ4v) is 8.15. The molecule has 52 heavy (non-hydrogen) atoms. The van der Waals surface area contributed by atoms with Gasteiger partial charge >= 0.3 is 0 Å². The highest BCUT2D eigenvalue weighted by Crippen LogP contribution is 2.49. The number of imidazole rings is 1. The molecule has 7 aromatic rings. The Labute approximate surface area is 306 Å². The van der Waals surface area contributed by atoms with Crippen LogP contribution < -0.4 is 0 Å². The first-order valence-electron chi connectivity index (χ1n) is 18.0. The van der Waals surface area contributed by atoms with E-state index in [4.69, 9.17) is 15.0 Å². The SMILES string of the molecule is Cc1cc(C)c(-c2nc(-c3ccccc3)c(-c3ccccc3)n2C2(c3c(C)cc(C)cc3C)N=C(c3ccccc3)C(c3ccccc3)=N2)c(C)c1. The van der Waals surface area contributed by atoms with E-state index in [0.717, 1.165) is 84.3 Å². The van der Waals surface area contributed by atoms with Crippen LogP contribution in [0.2, 0.25) is 0 Å². The first kappa shape index (κ1) is 33.0. The number of hydrogen-bond acceptors (Lipinski definition) is 3. The van der Waals surface area contributed by atoms with Gasteiger partial charge in [0.2, 0.25) is 0 Å². The van der Waals surface area contributed by atoms with E-state index in [9.17, 15) is 0 Å². The number of nitrogens with zero attached hydrogens (tertiary/aromatic N) is 4. The summed E-state index contributed by atoms with van der Waals surface area (Å²) in [6.45, 7) is 13.1. The molecule has 254 valence electrons. The topological polar surface area (TPSA) is 42.5 Å². The summed E-state index contributed by atoms with van der Waals surface area (Å²) in [5.74, 6) is -0.413. The largest absolute Gasteiger partial charge is 0.275 e. The number of aliphatic imine (C=N–C) groups is 2. The van der Waals surface area contributed by atoms with Crippen molar-refractivity contribution in [2.75, 3.05) is 0 Å². The van der Waals surface area contributed by atoms with E-state index in [-0.39, 0.29) is 0 Å². The minimum Gasteiger partial charge on any atom is -0.275 e. The Hall–Kier alpha value is -6.13. The fraction of sp³-hybridized carbons (Fsp3) is 0.146. The highest BCUT2D eigenvalue weighted by Gasteiger charge is 2.47. The van der Waals surface area contributed by atoms with Gasteiger partial charge < -0.3 is 0 Å². The predicted molar refractivity (Wildman–Crippen MR) is 216 cm³/mol. The van der Waals surface area contributed by atoms with Crippen molar-refractivity contribution in [1.29, 1.82) is 0 Å². The molecule has 0 aliphatic carbocycles. The zero-order valence-corrected chi connectivity index (χ0v) is 30.6. The lowest BCUT2D eigenvalue weighted by Gasteiger charge is -2.33. The van der Waals surface area contributed by atoms with Crippen LogP contribution in [0.1, 0.15) is 50.1 Å². The van der Waals surface area contributed by atoms with Crippen molar-refractivity contribution < 1.29 is 0 Å². The maximum absolute atomic E-state index is 5.93. The highest BCUT2D eigenvalue weighted by molar-refractivity contribution is 6.54. The Balaban J connectivity index is 1.63. The van der Waals surface area contributed by atoms with Gasteiger partial charge in [0.05, 0.1) is 22.8 Å². The van der Waals surface area contributed by atoms with Gasteiger partial charge in [-0.05, 0) is 63.8 Å². The van der Waals surface area contributed by atoms with Gasteiger partial charge in [-0.25, -0.2) is 15.0 Å². The Morgan fingerprint density at radius 1 is 0.442 bits per heavy atom. The van der Waals surface area contributed by atoms with Gasteiger partial charge in [0, 0.05) is 33.4 Å². The molecule has 0 atom stereocenters. The van der Waals surface area contributed by atoms with Crippen LogP contribution in [0, 0.1) is 41.5 Å². The summed E-state index contributed by atoms with van der Waals surface area (Å²) in [5.41, 5.74) is 16.8. The molecule has 4 heteroatoms. The molecule has 0 bridgehead atoms. The molecular formula is C48H42N4. The van der Waals surface area contributed by atoms with Crippen molar-refractivity contribution in [1.82, 2.24) is 9.55 Å². The molecule has 8 rings (SSSR count). The molecule has 0 spiro atoms. The van der Waals surface area contributed by atoms with E-state index >= 15 is 0 Å². The maximum atomic E-state index is 5.93. The molecule has 0 saturated heterocycles. The molecule has 6 aromatic carbocycles. The molecular weight excluding hydrogens is 633 g/mol. The van der Waals surface area contributed by atoms with Crippen LogP contribution in [0.3, 0.4) is 0 Å². The number of aryl methyl sites for hydroxylation is 6. The van der Waals surface area contributed by atoms with Crippen LogP contribution >= 0.6 is 0 Å². The number of benzene rings is 6. The zero-order chi connectivity index (χ0) is 36.0. The van der Waals surface area contributed by atoms with E-state index < -0.39 is 5.79 Å². The van der Waals surface area contributed by atoms with Gasteiger partial charge in [-0.1, -0.05) is 157 Å². The molecule has 4 nitrogen and oxygen atoms in total. The second-order valence-electron chi connectivity index (χ2n) is 14.0. The molecule has 1 aliphatic heterocycles. The molecule has 0 N–H and O–H groups in total. The van der Waals surface area contributed by atoms with Gasteiger partial charge in [0.1, 0.15) is 5.82 Å². The summed E-state index contributed by atoms with van der Waals surface area (Å²) >= 11 is 0. The molecule has 1 aliphatic rings. The van der Waals surface area contributed by atoms with Gasteiger partial charge in [-0.3, -0.25) is 4.57 Å². The van der Waals surface area contributed by atoms with Crippen LogP contribution in [-0.4, -0.2) is 21.0 Å². The summed E-state index contributed by atoms with van der Waals surface area (Å²) in [6, 6.07) is 51.2. The van der Waals surface area contributed by atoms with E-state index in [1.165, 1.54) is 11.1 Å². The molecule has 0 radical (unpaired) electrons. The van der Waals surface area contributed by atoms with E-state index in [2.05, 4.69) is 192 Å². The van der Waals surface area contributed by atoms with Crippen molar-refractivity contribution in [2.45, 2.75) is 47.3 Å². The van der Waals surface area contributed by atoms with Crippen molar-refractivity contribution in [3.8, 4) is 33.9 Å². The lowest BCUT2D eigenvalue weighted by Crippen LogP contribution is -2.33. The third-order valence-electron chi connectivity index (χ3n) is 10.1. The Morgan fingerprint density at radius 3 is 1.27 bits per heavy atom. The van der Waals surface area contributed by atoms with Gasteiger partial charge in [0.15, 0.2) is 0 Å². The van der Waals surface area contributed by atoms with Crippen LogP contribution in [-0.2, 0) is 5.79 Å². The van der Waals surface area contributed by atoms with Crippen LogP contribution in [0.15, 0.2) is 156 Å². The smallest absolute Gasteiger partial charge is 0.262 e. The fourth-order valence-electron chi connectivity index (χ4n) is 8.15. The third-order valence-corrected chi connectivity index (χ3v) is 10.1. The third kappa shape index (κ3) is 5.61. The lowest BCUT2D eigenvalue weighted by molar-refractivity contribution is 0.404. The van der Waals surface area contributed by atoms with E-state index in [1.54, 1.807) is 0 Å². The molecule has 2 heterocycles. The second-order valence-corrected chi connectivity index (χ2v) is 14.0. The lowest BCUT2D eigenvalue weighted by atomic mass is 9.92. The molecule has 0 saturated carbocycles. The normalized spacial score (nSPS) is 13.6. The molecule has 1 aromatic heterocycles. The highest BCUT2D eigenvalue weighted by atomic mass is 15.4. The summed E-state index contributed by atoms with van der Waals surface area (Å²) in [4.78, 5) is 17.6. The van der Waals surface area contributed by atoms with Crippen molar-refractivity contribution in [3.63, 3.8) is 0 Å². The number of hydrogen-bond donors (Lipinski definition) is 0. The van der Waals surface area contributed by atoms with Crippen molar-refractivity contribution in [2.24, 2.45) is 9.98 Å². The van der Waals surface area contributed by atoms with Gasteiger partial charge in [0.25, 0.3) is 5.79 Å². The van der Waals surface area contributed by atoms with Gasteiger partial charge in [-0.2, -0.15) is 0 Å². The first-order chi connectivity index (χ1) is 25.2. The zero-order valence-electron chi connectivity index (χ0n) is 30.6. The number of aromatic nitrogens is 2. The number of rotatable bonds is 7. The molecule has 0 amide bonds. The van der Waals surface area contributed by atoms with Gasteiger partial charge in [-0.15, -0.1) is 0 Å². The Morgan fingerprint density at radius 2 is 0.827 bits per heavy atom. The van der Waals surface area contributed by atoms with Crippen molar-refractivity contribution >= 4 is 11.4 Å². The molecule has 0 fully saturated rings.